The van der Waals surface area contributed by atoms with Gasteiger partial charge in [0.15, 0.2) is 0 Å². The van der Waals surface area contributed by atoms with Crippen molar-refractivity contribution in [2.24, 2.45) is 0 Å². The van der Waals surface area contributed by atoms with Crippen LogP contribution in [-0.4, -0.2) is 36.8 Å². The maximum absolute atomic E-state index is 12.0. The lowest BCUT2D eigenvalue weighted by atomic mass is 10.0. The number of para-hydroxylation sites is 1. The molecule has 1 aromatic carbocycles. The number of carbonyl (C=O) groups is 1. The van der Waals surface area contributed by atoms with Crippen LogP contribution in [0.5, 0.6) is 0 Å². The number of hydrogen-bond donors (Lipinski definition) is 2. The van der Waals surface area contributed by atoms with Crippen LogP contribution in [0, 0.1) is 6.92 Å². The summed E-state index contributed by atoms with van der Waals surface area (Å²) in [6.45, 7) is 5.70. The summed E-state index contributed by atoms with van der Waals surface area (Å²) < 4.78 is 0. The van der Waals surface area contributed by atoms with Crippen LogP contribution in [0.3, 0.4) is 0 Å². The predicted octanol–water partition coefficient (Wildman–Crippen LogP) is 1.24. The summed E-state index contributed by atoms with van der Waals surface area (Å²) in [5.74, 6) is 0.0191. The van der Waals surface area contributed by atoms with Gasteiger partial charge in [-0.1, -0.05) is 25.1 Å². The first-order valence-electron chi connectivity index (χ1n) is 6.92. The number of piperazine rings is 1. The molecular formula is C15H22N2O2. The first kappa shape index (κ1) is 13.9. The zero-order chi connectivity index (χ0) is 13.8. The molecule has 1 aromatic rings. The standard InChI is InChI=1S/C15H22N2O2/c1-3-12-6-4-5-11(2)14(12)17-9-8-16-15(19)13(17)7-10-18/h4-6,13,18H,3,7-10H2,1-2H3,(H,16,19). The summed E-state index contributed by atoms with van der Waals surface area (Å²) in [5.41, 5.74) is 3.62. The van der Waals surface area contributed by atoms with E-state index in [1.54, 1.807) is 0 Å². The van der Waals surface area contributed by atoms with Crippen LogP contribution in [0.25, 0.3) is 0 Å². The molecule has 1 aliphatic heterocycles. The van der Waals surface area contributed by atoms with Crippen molar-refractivity contribution in [3.8, 4) is 0 Å². The topological polar surface area (TPSA) is 52.6 Å². The molecular weight excluding hydrogens is 240 g/mol. The molecule has 0 saturated carbocycles. The number of nitrogens with zero attached hydrogens (tertiary/aromatic N) is 1. The second-order valence-electron chi connectivity index (χ2n) is 4.95. The monoisotopic (exact) mass is 262 g/mol. The molecule has 2 N–H and O–H groups in total. The Bertz CT molecular complexity index is 459. The van der Waals surface area contributed by atoms with Gasteiger partial charge in [-0.15, -0.1) is 0 Å². The zero-order valence-electron chi connectivity index (χ0n) is 11.6. The lowest BCUT2D eigenvalue weighted by Crippen LogP contribution is -2.56. The van der Waals surface area contributed by atoms with Gasteiger partial charge in [0.2, 0.25) is 5.91 Å². The highest BCUT2D eigenvalue weighted by atomic mass is 16.3. The van der Waals surface area contributed by atoms with Gasteiger partial charge in [-0.3, -0.25) is 4.79 Å². The van der Waals surface area contributed by atoms with Crippen LogP contribution in [0.2, 0.25) is 0 Å². The first-order chi connectivity index (χ1) is 9.19. The molecule has 1 fully saturated rings. The van der Waals surface area contributed by atoms with Crippen LogP contribution < -0.4 is 10.2 Å². The van der Waals surface area contributed by atoms with E-state index in [-0.39, 0.29) is 18.6 Å². The van der Waals surface area contributed by atoms with E-state index in [1.165, 1.54) is 16.8 Å². The smallest absolute Gasteiger partial charge is 0.242 e. The van der Waals surface area contributed by atoms with Gasteiger partial charge < -0.3 is 15.3 Å². The summed E-state index contributed by atoms with van der Waals surface area (Å²) in [6, 6.07) is 6.00. The molecule has 0 spiro atoms. The third-order valence-electron chi connectivity index (χ3n) is 3.72. The van der Waals surface area contributed by atoms with Crippen molar-refractivity contribution in [2.75, 3.05) is 24.6 Å². The number of anilines is 1. The maximum atomic E-state index is 12.0. The Balaban J connectivity index is 2.40. The van der Waals surface area contributed by atoms with Crippen molar-refractivity contribution >= 4 is 11.6 Å². The third-order valence-corrected chi connectivity index (χ3v) is 3.72. The van der Waals surface area contributed by atoms with Crippen LogP contribution in [0.1, 0.15) is 24.5 Å². The van der Waals surface area contributed by atoms with Gasteiger partial charge in [0, 0.05) is 25.4 Å². The number of aliphatic hydroxyl groups excluding tert-OH is 1. The molecule has 4 nitrogen and oxygen atoms in total. The number of amides is 1. The normalized spacial score (nSPS) is 19.4. The molecule has 104 valence electrons. The van der Waals surface area contributed by atoms with Crippen molar-refractivity contribution < 1.29 is 9.90 Å². The molecule has 19 heavy (non-hydrogen) atoms. The minimum absolute atomic E-state index is 0.0191. The number of aliphatic hydroxyl groups is 1. The van der Waals surface area contributed by atoms with Gasteiger partial charge in [-0.05, 0) is 30.9 Å². The van der Waals surface area contributed by atoms with Crippen LogP contribution in [0.4, 0.5) is 5.69 Å². The molecule has 2 rings (SSSR count). The number of hydrogen-bond acceptors (Lipinski definition) is 3. The van der Waals surface area contributed by atoms with Gasteiger partial charge in [0.25, 0.3) is 0 Å². The number of nitrogens with one attached hydrogen (secondary N) is 1. The molecule has 0 aromatic heterocycles. The Morgan fingerprint density at radius 2 is 2.26 bits per heavy atom. The molecule has 4 heteroatoms. The van der Waals surface area contributed by atoms with E-state index in [0.717, 1.165) is 13.0 Å². The molecule has 0 radical (unpaired) electrons. The van der Waals surface area contributed by atoms with Crippen LogP contribution >= 0.6 is 0 Å². The predicted molar refractivity (Wildman–Crippen MR) is 76.4 cm³/mol. The van der Waals surface area contributed by atoms with E-state index in [9.17, 15) is 9.90 Å². The van der Waals surface area contributed by atoms with Crippen molar-refractivity contribution in [3.63, 3.8) is 0 Å². The fourth-order valence-electron chi connectivity index (χ4n) is 2.81. The van der Waals surface area contributed by atoms with E-state index in [1.807, 2.05) is 0 Å². The van der Waals surface area contributed by atoms with Gasteiger partial charge in [-0.25, -0.2) is 0 Å². The fourth-order valence-corrected chi connectivity index (χ4v) is 2.81. The van der Waals surface area contributed by atoms with Crippen LogP contribution in [0.15, 0.2) is 18.2 Å². The number of rotatable bonds is 4. The largest absolute Gasteiger partial charge is 0.396 e. The van der Waals surface area contributed by atoms with Gasteiger partial charge in [0.05, 0.1) is 0 Å². The molecule has 1 saturated heterocycles. The summed E-state index contributed by atoms with van der Waals surface area (Å²) >= 11 is 0. The average molecular weight is 262 g/mol. The highest BCUT2D eigenvalue weighted by Gasteiger charge is 2.30. The lowest BCUT2D eigenvalue weighted by molar-refractivity contribution is -0.123. The van der Waals surface area contributed by atoms with E-state index in [2.05, 4.69) is 42.3 Å². The second kappa shape index (κ2) is 6.06. The van der Waals surface area contributed by atoms with Crippen molar-refractivity contribution in [1.29, 1.82) is 0 Å². The van der Waals surface area contributed by atoms with E-state index < -0.39 is 0 Å². The molecule has 1 amide bonds. The Morgan fingerprint density at radius 1 is 1.47 bits per heavy atom. The summed E-state index contributed by atoms with van der Waals surface area (Å²) in [5, 5.41) is 12.1. The Hall–Kier alpha value is -1.55. The summed E-state index contributed by atoms with van der Waals surface area (Å²) in [7, 11) is 0. The van der Waals surface area contributed by atoms with E-state index in [0.29, 0.717) is 13.0 Å². The zero-order valence-corrected chi connectivity index (χ0v) is 11.6. The summed E-state index contributed by atoms with van der Waals surface area (Å²) in [4.78, 5) is 14.2. The quantitative estimate of drug-likeness (QED) is 0.858. The van der Waals surface area contributed by atoms with Gasteiger partial charge in [0.1, 0.15) is 6.04 Å². The highest BCUT2D eigenvalue weighted by Crippen LogP contribution is 2.29. The fraction of sp³-hybridized carbons (Fsp3) is 0.533. The third kappa shape index (κ3) is 2.73. The van der Waals surface area contributed by atoms with Crippen molar-refractivity contribution in [3.05, 3.63) is 29.3 Å². The maximum Gasteiger partial charge on any atom is 0.242 e. The molecule has 0 bridgehead atoms. The van der Waals surface area contributed by atoms with Crippen molar-refractivity contribution in [2.45, 2.75) is 32.7 Å². The number of benzene rings is 1. The molecule has 0 aliphatic carbocycles. The molecule has 1 aliphatic rings. The SMILES string of the molecule is CCc1cccc(C)c1N1CCNC(=O)C1CCO. The second-order valence-corrected chi connectivity index (χ2v) is 4.95. The van der Waals surface area contributed by atoms with E-state index in [4.69, 9.17) is 0 Å². The minimum Gasteiger partial charge on any atom is -0.396 e. The molecule has 1 unspecified atom stereocenters. The lowest BCUT2D eigenvalue weighted by Gasteiger charge is -2.38. The first-order valence-corrected chi connectivity index (χ1v) is 6.92. The average Bonchev–Trinajstić information content (AvgIpc) is 2.41. The van der Waals surface area contributed by atoms with E-state index >= 15 is 0 Å². The molecule has 1 heterocycles. The summed E-state index contributed by atoms with van der Waals surface area (Å²) in [6.07, 6.45) is 1.42. The van der Waals surface area contributed by atoms with Gasteiger partial charge in [-0.2, -0.15) is 0 Å². The van der Waals surface area contributed by atoms with Crippen molar-refractivity contribution in [1.82, 2.24) is 5.32 Å². The van der Waals surface area contributed by atoms with Crippen LogP contribution in [-0.2, 0) is 11.2 Å². The Kier molecular flexibility index (Phi) is 4.43. The number of carbonyl (C=O) groups excluding carboxylic acids is 1. The molecule has 1 atom stereocenters. The Morgan fingerprint density at radius 3 is 2.95 bits per heavy atom. The van der Waals surface area contributed by atoms with Gasteiger partial charge >= 0.3 is 0 Å². The minimum atomic E-state index is -0.259. The Labute approximate surface area is 114 Å². The number of aryl methyl sites for hydroxylation is 2. The highest BCUT2D eigenvalue weighted by molar-refractivity contribution is 5.87.